The summed E-state index contributed by atoms with van der Waals surface area (Å²) in [5, 5.41) is 19.6. The number of nitrogens with two attached hydrogens (primary N) is 1. The average molecular weight is 344 g/mol. The van der Waals surface area contributed by atoms with Crippen molar-refractivity contribution in [3.63, 3.8) is 0 Å². The van der Waals surface area contributed by atoms with E-state index in [2.05, 4.69) is 4.90 Å². The maximum atomic E-state index is 11.8. The molecular weight excluding hydrogens is 323 g/mol. The smallest absolute Gasteiger partial charge is 0.526 e. The van der Waals surface area contributed by atoms with Crippen molar-refractivity contribution < 1.29 is 24.3 Å². The number of aromatic carboxylic acids is 1. The first-order valence-corrected chi connectivity index (χ1v) is 8.86. The van der Waals surface area contributed by atoms with Crippen LogP contribution in [0.5, 0.6) is 11.5 Å². The molecular formula is C17H21BN2O5. The van der Waals surface area contributed by atoms with Crippen molar-refractivity contribution in [2.24, 2.45) is 5.73 Å². The van der Waals surface area contributed by atoms with E-state index in [1.54, 1.807) is 6.07 Å². The lowest BCUT2D eigenvalue weighted by molar-refractivity contribution is 0.0137. The first-order valence-electron chi connectivity index (χ1n) is 8.86. The third-order valence-electron chi connectivity index (χ3n) is 5.86. The fourth-order valence-corrected chi connectivity index (χ4v) is 4.07. The molecule has 132 valence electrons. The second-order valence-corrected chi connectivity index (χ2v) is 7.97. The Balaban J connectivity index is 1.34. The molecule has 0 unspecified atom stereocenters. The lowest BCUT2D eigenvalue weighted by Gasteiger charge is -2.40. The number of carboxylic acid groups (broad SMARTS) is 1. The molecule has 3 fully saturated rings. The van der Waals surface area contributed by atoms with Crippen LogP contribution in [0.15, 0.2) is 12.1 Å². The molecule has 1 aromatic rings. The monoisotopic (exact) mass is 344 g/mol. The number of carboxylic acids is 1. The van der Waals surface area contributed by atoms with Gasteiger partial charge in [-0.3, -0.25) is 4.90 Å². The fourth-order valence-electron chi connectivity index (χ4n) is 4.07. The van der Waals surface area contributed by atoms with Gasteiger partial charge in [0, 0.05) is 31.0 Å². The molecule has 2 saturated carbocycles. The predicted octanol–water partition coefficient (Wildman–Crippen LogP) is 0.669. The first kappa shape index (κ1) is 15.5. The van der Waals surface area contributed by atoms with E-state index < -0.39 is 13.1 Å². The number of likely N-dealkylation sites (tertiary alicyclic amines) is 1. The van der Waals surface area contributed by atoms with Gasteiger partial charge in [-0.05, 0) is 36.8 Å². The summed E-state index contributed by atoms with van der Waals surface area (Å²) >= 11 is 0. The summed E-state index contributed by atoms with van der Waals surface area (Å²) < 4.78 is 11.4. The molecule has 1 aromatic carbocycles. The van der Waals surface area contributed by atoms with Crippen LogP contribution in [-0.4, -0.2) is 59.4 Å². The molecule has 25 heavy (non-hydrogen) atoms. The molecule has 2 atom stereocenters. The van der Waals surface area contributed by atoms with E-state index in [1.807, 2.05) is 6.07 Å². The van der Waals surface area contributed by atoms with E-state index >= 15 is 0 Å². The van der Waals surface area contributed by atoms with Crippen LogP contribution in [0.25, 0.3) is 0 Å². The Hall–Kier alpha value is -1.77. The summed E-state index contributed by atoms with van der Waals surface area (Å²) in [5.41, 5.74) is 7.00. The van der Waals surface area contributed by atoms with Gasteiger partial charge in [0.25, 0.3) is 0 Å². The molecule has 2 aliphatic heterocycles. The van der Waals surface area contributed by atoms with Crippen LogP contribution in [0.2, 0.25) is 5.82 Å². The normalized spacial score (nSPS) is 29.1. The van der Waals surface area contributed by atoms with Gasteiger partial charge in [0.2, 0.25) is 0 Å². The molecule has 2 aliphatic carbocycles. The molecule has 0 radical (unpaired) electrons. The molecule has 4 aliphatic rings. The van der Waals surface area contributed by atoms with E-state index in [0.717, 1.165) is 44.5 Å². The van der Waals surface area contributed by atoms with Crippen molar-refractivity contribution in [2.75, 3.05) is 19.6 Å². The highest BCUT2D eigenvalue weighted by Crippen LogP contribution is 2.60. The number of carbonyl (C=O) groups is 1. The molecule has 2 heterocycles. The third kappa shape index (κ3) is 2.59. The van der Waals surface area contributed by atoms with Crippen LogP contribution in [-0.2, 0) is 0 Å². The standard InChI is InChI=1S/C17H21BN2O5/c19-17(3-4-17)8-20-6-9(7-20)24-13-2-1-10-11-5-12(11)18(23)25-15(10)14(13)16(21)22/h1-2,9,11-12,23H,3-8,19H2,(H,21,22)/t11-,12-/m1/s1. The number of rotatable bonds is 5. The maximum absolute atomic E-state index is 11.8. The Labute approximate surface area is 145 Å². The summed E-state index contributed by atoms with van der Waals surface area (Å²) in [6, 6.07) is 3.61. The number of hydrogen-bond donors (Lipinski definition) is 3. The fraction of sp³-hybridized carbons (Fsp3) is 0.588. The van der Waals surface area contributed by atoms with Gasteiger partial charge in [0.15, 0.2) is 0 Å². The molecule has 7 nitrogen and oxygen atoms in total. The van der Waals surface area contributed by atoms with Gasteiger partial charge in [-0.15, -0.1) is 0 Å². The number of hydrogen-bond acceptors (Lipinski definition) is 6. The molecule has 0 amide bonds. The summed E-state index contributed by atoms with van der Waals surface area (Å²) in [6.07, 6.45) is 2.95. The van der Waals surface area contributed by atoms with Gasteiger partial charge in [0.05, 0.1) is 0 Å². The second-order valence-electron chi connectivity index (χ2n) is 7.97. The number of benzene rings is 1. The van der Waals surface area contributed by atoms with Crippen LogP contribution < -0.4 is 15.1 Å². The Morgan fingerprint density at radius 3 is 2.88 bits per heavy atom. The van der Waals surface area contributed by atoms with Crippen LogP contribution in [0.3, 0.4) is 0 Å². The number of ether oxygens (including phenoxy) is 1. The minimum absolute atomic E-state index is 0.0200. The van der Waals surface area contributed by atoms with Crippen LogP contribution in [0.1, 0.15) is 41.1 Å². The van der Waals surface area contributed by atoms with E-state index in [0.29, 0.717) is 5.75 Å². The first-order chi connectivity index (χ1) is 11.9. The van der Waals surface area contributed by atoms with Crippen molar-refractivity contribution in [3.8, 4) is 11.5 Å². The van der Waals surface area contributed by atoms with Crippen molar-refractivity contribution in [3.05, 3.63) is 23.3 Å². The van der Waals surface area contributed by atoms with E-state index in [4.69, 9.17) is 15.1 Å². The molecule has 8 heteroatoms. The van der Waals surface area contributed by atoms with Gasteiger partial charge in [0.1, 0.15) is 23.2 Å². The zero-order valence-corrected chi connectivity index (χ0v) is 13.9. The van der Waals surface area contributed by atoms with Gasteiger partial charge < -0.3 is 25.3 Å². The summed E-state index contributed by atoms with van der Waals surface area (Å²) in [7, 11) is -0.927. The maximum Gasteiger partial charge on any atom is 0.526 e. The van der Waals surface area contributed by atoms with Crippen LogP contribution in [0.4, 0.5) is 0 Å². The quantitative estimate of drug-likeness (QED) is 0.674. The minimum atomic E-state index is -1.09. The topological polar surface area (TPSA) is 105 Å². The highest BCUT2D eigenvalue weighted by molar-refractivity contribution is 6.48. The zero-order valence-electron chi connectivity index (χ0n) is 13.9. The summed E-state index contributed by atoms with van der Waals surface area (Å²) in [4.78, 5) is 14.0. The largest absolute Gasteiger partial charge is 0.535 e. The lowest BCUT2D eigenvalue weighted by Crippen LogP contribution is -2.57. The zero-order chi connectivity index (χ0) is 17.3. The molecule has 4 N–H and O–H groups in total. The molecule has 0 aromatic heterocycles. The summed E-state index contributed by atoms with van der Waals surface area (Å²) in [6.45, 7) is 2.38. The van der Waals surface area contributed by atoms with Crippen molar-refractivity contribution >= 4 is 13.1 Å². The number of fused-ring (bicyclic) bond motifs is 3. The minimum Gasteiger partial charge on any atom is -0.535 e. The molecule has 0 bridgehead atoms. The second kappa shape index (κ2) is 5.12. The van der Waals surface area contributed by atoms with E-state index in [1.165, 1.54) is 0 Å². The Morgan fingerprint density at radius 2 is 2.20 bits per heavy atom. The molecule has 1 saturated heterocycles. The third-order valence-corrected chi connectivity index (χ3v) is 5.86. The SMILES string of the molecule is NC1(CN2CC(Oc3ccc4c(c3C(=O)O)OB(O)[C@@H]3C[C@H]43)C2)CC1. The highest BCUT2D eigenvalue weighted by atomic mass is 16.5. The highest BCUT2D eigenvalue weighted by Gasteiger charge is 2.54. The van der Waals surface area contributed by atoms with E-state index in [9.17, 15) is 14.9 Å². The Morgan fingerprint density at radius 1 is 1.44 bits per heavy atom. The van der Waals surface area contributed by atoms with Gasteiger partial charge in [-0.25, -0.2) is 4.79 Å². The molecule has 5 rings (SSSR count). The number of nitrogens with zero attached hydrogens (tertiary/aromatic N) is 1. The lowest BCUT2D eigenvalue weighted by atomic mass is 9.77. The van der Waals surface area contributed by atoms with Gasteiger partial charge >= 0.3 is 13.1 Å². The van der Waals surface area contributed by atoms with Crippen LogP contribution >= 0.6 is 0 Å². The van der Waals surface area contributed by atoms with Crippen molar-refractivity contribution in [2.45, 2.75) is 42.6 Å². The van der Waals surface area contributed by atoms with Crippen LogP contribution in [0, 0.1) is 0 Å². The Bertz CT molecular complexity index is 747. The van der Waals surface area contributed by atoms with Gasteiger partial charge in [-0.1, -0.05) is 6.07 Å². The Kier molecular flexibility index (Phi) is 3.17. The summed E-state index contributed by atoms with van der Waals surface area (Å²) in [5.74, 6) is -0.216. The van der Waals surface area contributed by atoms with E-state index in [-0.39, 0.29) is 34.7 Å². The predicted molar refractivity (Wildman–Crippen MR) is 90.1 cm³/mol. The molecule has 0 spiro atoms. The van der Waals surface area contributed by atoms with Gasteiger partial charge in [-0.2, -0.15) is 0 Å². The average Bonchev–Trinajstić information content (AvgIpc) is 3.41. The van der Waals surface area contributed by atoms with Crippen molar-refractivity contribution in [1.29, 1.82) is 0 Å². The van der Waals surface area contributed by atoms with Crippen molar-refractivity contribution in [1.82, 2.24) is 4.90 Å².